The maximum Gasteiger partial charge on any atom is 0.242 e. The Morgan fingerprint density at radius 3 is 2.24 bits per heavy atom. The molecule has 7 heteroatoms. The van der Waals surface area contributed by atoms with Crippen molar-refractivity contribution in [1.29, 1.82) is 0 Å². The molecule has 6 nitrogen and oxygen atoms in total. The summed E-state index contributed by atoms with van der Waals surface area (Å²) in [4.78, 5) is 0.123. The van der Waals surface area contributed by atoms with Crippen LogP contribution in [0.2, 0.25) is 0 Å². The normalized spacial score (nSPS) is 12.0. The first-order valence-electron chi connectivity index (χ1n) is 9.36. The van der Waals surface area contributed by atoms with Gasteiger partial charge < -0.3 is 0 Å². The minimum absolute atomic E-state index is 0.123. The van der Waals surface area contributed by atoms with Crippen LogP contribution in [0.15, 0.2) is 27.7 Å². The molecule has 0 fully saturated rings. The highest BCUT2D eigenvalue weighted by atomic mass is 32.2. The third-order valence-electron chi connectivity index (χ3n) is 4.36. The van der Waals surface area contributed by atoms with Crippen LogP contribution in [0.3, 0.4) is 0 Å². The Hall–Kier alpha value is -1.47. The van der Waals surface area contributed by atoms with Gasteiger partial charge in [-0.2, -0.15) is 0 Å². The van der Waals surface area contributed by atoms with E-state index < -0.39 is 10.0 Å². The summed E-state index contributed by atoms with van der Waals surface area (Å²) in [6.07, 6.45) is 12.2. The Kier molecular flexibility index (Phi) is 8.34. The predicted molar refractivity (Wildman–Crippen MR) is 98.8 cm³/mol. The lowest BCUT2D eigenvalue weighted by Gasteiger charge is -2.07. The number of nitrogens with zero attached hydrogens (tertiary/aromatic N) is 2. The Balaban J connectivity index is 1.62. The average Bonchev–Trinajstić information content (AvgIpc) is 3.08. The third-order valence-corrected chi connectivity index (χ3v) is 5.85. The van der Waals surface area contributed by atoms with E-state index in [0.717, 1.165) is 19.3 Å². The smallest absolute Gasteiger partial charge is 0.242 e. The summed E-state index contributed by atoms with van der Waals surface area (Å²) in [5.74, 6) is 0. The zero-order chi connectivity index (χ0) is 18.0. The maximum atomic E-state index is 12.4. The second-order valence-corrected chi connectivity index (χ2v) is 8.20. The van der Waals surface area contributed by atoms with Crippen molar-refractivity contribution in [2.45, 2.75) is 76.0 Å². The Bertz CT molecular complexity index is 728. The molecule has 0 spiro atoms. The summed E-state index contributed by atoms with van der Waals surface area (Å²) in [6.45, 7) is 2.68. The van der Waals surface area contributed by atoms with Gasteiger partial charge in [0.2, 0.25) is 10.0 Å². The number of unbranched alkanes of at least 4 members (excludes halogenated alkanes) is 9. The minimum atomic E-state index is -3.58. The zero-order valence-corrected chi connectivity index (χ0v) is 15.9. The lowest BCUT2D eigenvalue weighted by Crippen LogP contribution is -2.25. The van der Waals surface area contributed by atoms with Crippen molar-refractivity contribution in [3.63, 3.8) is 0 Å². The van der Waals surface area contributed by atoms with E-state index in [-0.39, 0.29) is 10.4 Å². The van der Waals surface area contributed by atoms with E-state index in [9.17, 15) is 8.42 Å². The highest BCUT2D eigenvalue weighted by Gasteiger charge is 2.19. The topological polar surface area (TPSA) is 85.1 Å². The molecular weight excluding hydrogens is 338 g/mol. The molecule has 1 N–H and O–H groups in total. The molecule has 1 heterocycles. The van der Waals surface area contributed by atoms with E-state index in [0.29, 0.717) is 12.1 Å². The summed E-state index contributed by atoms with van der Waals surface area (Å²) in [7, 11) is -3.58. The number of hydrogen-bond acceptors (Lipinski definition) is 5. The molecule has 1 aromatic heterocycles. The number of benzene rings is 1. The van der Waals surface area contributed by atoms with Crippen molar-refractivity contribution in [1.82, 2.24) is 15.0 Å². The molecule has 140 valence electrons. The Morgan fingerprint density at radius 2 is 1.56 bits per heavy atom. The van der Waals surface area contributed by atoms with E-state index >= 15 is 0 Å². The summed E-state index contributed by atoms with van der Waals surface area (Å²) in [6, 6.07) is 4.84. The average molecular weight is 368 g/mol. The largest absolute Gasteiger partial charge is 0.243 e. The Labute approximate surface area is 150 Å². The van der Waals surface area contributed by atoms with Crippen molar-refractivity contribution >= 4 is 21.1 Å². The number of nitrogens with one attached hydrogen (secondary N) is 1. The van der Waals surface area contributed by atoms with Gasteiger partial charge in [0.05, 0.1) is 0 Å². The Morgan fingerprint density at radius 1 is 0.920 bits per heavy atom. The summed E-state index contributed by atoms with van der Waals surface area (Å²) in [5, 5.41) is 7.36. The molecule has 0 amide bonds. The van der Waals surface area contributed by atoms with E-state index in [2.05, 4.69) is 26.6 Å². The molecule has 1 aromatic carbocycles. The van der Waals surface area contributed by atoms with Crippen molar-refractivity contribution in [2.75, 3.05) is 6.54 Å². The minimum Gasteiger partial charge on any atom is -0.243 e. The van der Waals surface area contributed by atoms with Gasteiger partial charge in [0, 0.05) is 6.54 Å². The molecule has 2 rings (SSSR count). The van der Waals surface area contributed by atoms with Crippen LogP contribution in [0.25, 0.3) is 11.0 Å². The summed E-state index contributed by atoms with van der Waals surface area (Å²) >= 11 is 0. The van der Waals surface area contributed by atoms with E-state index in [1.807, 2.05) is 0 Å². The van der Waals surface area contributed by atoms with Crippen LogP contribution >= 0.6 is 0 Å². The molecule has 25 heavy (non-hydrogen) atoms. The highest BCUT2D eigenvalue weighted by Crippen LogP contribution is 2.19. The van der Waals surface area contributed by atoms with Gasteiger partial charge in [-0.05, 0) is 28.9 Å². The summed E-state index contributed by atoms with van der Waals surface area (Å²) < 4.78 is 32.0. The van der Waals surface area contributed by atoms with Crippen molar-refractivity contribution in [3.05, 3.63) is 18.2 Å². The number of aromatic nitrogens is 2. The molecular formula is C18H29N3O3S. The molecule has 0 saturated carbocycles. The van der Waals surface area contributed by atoms with Crippen LogP contribution in [-0.2, 0) is 10.0 Å². The molecule has 0 aliphatic rings. The third kappa shape index (κ3) is 6.40. The molecule has 0 saturated heterocycles. The predicted octanol–water partition coefficient (Wildman–Crippen LogP) is 4.42. The van der Waals surface area contributed by atoms with E-state index in [4.69, 9.17) is 0 Å². The van der Waals surface area contributed by atoms with Gasteiger partial charge in [-0.1, -0.05) is 70.8 Å². The number of sulfonamides is 1. The molecule has 0 atom stereocenters. The maximum absolute atomic E-state index is 12.4. The highest BCUT2D eigenvalue weighted by molar-refractivity contribution is 7.89. The van der Waals surface area contributed by atoms with E-state index in [1.54, 1.807) is 12.1 Å². The summed E-state index contributed by atoms with van der Waals surface area (Å²) in [5.41, 5.74) is 0.722. The van der Waals surface area contributed by atoms with Gasteiger partial charge in [-0.3, -0.25) is 0 Å². The van der Waals surface area contributed by atoms with Gasteiger partial charge in [0.1, 0.15) is 10.4 Å². The van der Waals surface area contributed by atoms with Gasteiger partial charge >= 0.3 is 0 Å². The molecule has 0 bridgehead atoms. The van der Waals surface area contributed by atoms with Crippen LogP contribution in [-0.4, -0.2) is 25.3 Å². The first-order chi connectivity index (χ1) is 12.1. The molecule has 0 aliphatic heterocycles. The number of hydrogen-bond donors (Lipinski definition) is 1. The van der Waals surface area contributed by atoms with Crippen LogP contribution < -0.4 is 4.72 Å². The molecule has 2 aromatic rings. The van der Waals surface area contributed by atoms with Crippen LogP contribution in [0.1, 0.15) is 71.1 Å². The lowest BCUT2D eigenvalue weighted by atomic mass is 10.1. The monoisotopic (exact) mass is 367 g/mol. The van der Waals surface area contributed by atoms with Gasteiger partial charge in [0.15, 0.2) is 5.52 Å². The fourth-order valence-electron chi connectivity index (χ4n) is 2.89. The van der Waals surface area contributed by atoms with Gasteiger partial charge in [0.25, 0.3) is 0 Å². The second kappa shape index (κ2) is 10.5. The standard InChI is InChI=1S/C18H29N3O3S/c1-2-3-4-5-6-7-8-9-10-11-15-19-25(22,23)17-14-12-13-16-18(17)21-24-20-16/h12-14,19H,2-11,15H2,1H3. The second-order valence-electron chi connectivity index (χ2n) is 6.47. The quantitative estimate of drug-likeness (QED) is 0.530. The fourth-order valence-corrected chi connectivity index (χ4v) is 4.12. The van der Waals surface area contributed by atoms with Crippen LogP contribution in [0.5, 0.6) is 0 Å². The van der Waals surface area contributed by atoms with Crippen LogP contribution in [0.4, 0.5) is 0 Å². The number of rotatable bonds is 13. The SMILES string of the molecule is CCCCCCCCCCCCNS(=O)(=O)c1cccc2nonc12. The zero-order valence-electron chi connectivity index (χ0n) is 15.0. The number of fused-ring (bicyclic) bond motifs is 1. The van der Waals surface area contributed by atoms with Crippen molar-refractivity contribution in [2.24, 2.45) is 0 Å². The molecule has 0 radical (unpaired) electrons. The van der Waals surface area contributed by atoms with Crippen molar-refractivity contribution < 1.29 is 13.0 Å². The van der Waals surface area contributed by atoms with Gasteiger partial charge in [-0.25, -0.2) is 17.8 Å². The lowest BCUT2D eigenvalue weighted by molar-refractivity contribution is 0.315. The van der Waals surface area contributed by atoms with Crippen LogP contribution in [0, 0.1) is 0 Å². The first-order valence-corrected chi connectivity index (χ1v) is 10.8. The first kappa shape index (κ1) is 19.8. The van der Waals surface area contributed by atoms with Gasteiger partial charge in [-0.15, -0.1) is 0 Å². The molecule has 0 aliphatic carbocycles. The van der Waals surface area contributed by atoms with E-state index in [1.165, 1.54) is 51.0 Å². The van der Waals surface area contributed by atoms with Crippen molar-refractivity contribution in [3.8, 4) is 0 Å². The molecule has 0 unspecified atom stereocenters. The fraction of sp³-hybridized carbons (Fsp3) is 0.667.